The summed E-state index contributed by atoms with van der Waals surface area (Å²) in [6, 6.07) is 0. The van der Waals surface area contributed by atoms with Gasteiger partial charge in [-0.1, -0.05) is 20.8 Å². The molecule has 0 aromatic heterocycles. The molecule has 0 rings (SSSR count). The molecule has 96 valence electrons. The van der Waals surface area contributed by atoms with E-state index in [0.29, 0.717) is 0 Å². The first-order chi connectivity index (χ1) is 7.47. The summed E-state index contributed by atoms with van der Waals surface area (Å²) in [4.78, 5) is 22.1. The Labute approximate surface area is 104 Å². The van der Waals surface area contributed by atoms with Gasteiger partial charge in [0.05, 0.1) is 11.4 Å². The third-order valence-corrected chi connectivity index (χ3v) is 1.93. The van der Waals surface area contributed by atoms with E-state index in [9.17, 15) is 9.59 Å². The molecule has 5 heteroatoms. The second kappa shape index (κ2) is 10.8. The molecule has 2 atom stereocenters. The lowest BCUT2D eigenvalue weighted by molar-refractivity contribution is -0.148. The molecule has 4 nitrogen and oxygen atoms in total. The first kappa shape index (κ1) is 17.7. The average molecular weight is 249 g/mol. The predicted molar refractivity (Wildman–Crippen MR) is 68.7 cm³/mol. The van der Waals surface area contributed by atoms with Crippen LogP contribution in [0.25, 0.3) is 0 Å². The molecule has 0 bridgehead atoms. The lowest BCUT2D eigenvalue weighted by atomic mass is 10.3. The van der Waals surface area contributed by atoms with Crippen LogP contribution in [0, 0.1) is 0 Å². The maximum atomic E-state index is 11.1. The Kier molecular flexibility index (Phi) is 11.9. The Bertz CT molecular complexity index is 207. The molecule has 0 aromatic rings. The molecular weight excluding hydrogens is 226 g/mol. The van der Waals surface area contributed by atoms with Gasteiger partial charge in [0.1, 0.15) is 6.54 Å². The van der Waals surface area contributed by atoms with Crippen molar-refractivity contribution in [1.29, 1.82) is 0 Å². The summed E-state index contributed by atoms with van der Waals surface area (Å²) in [5.74, 6) is -0.684. The smallest absolute Gasteiger partial charge is 0.325 e. The van der Waals surface area contributed by atoms with Crippen LogP contribution >= 0.6 is 12.6 Å². The Morgan fingerprint density at radius 3 is 2.19 bits per heavy atom. The van der Waals surface area contributed by atoms with E-state index in [1.54, 1.807) is 13.8 Å². The number of hydrogen-bond acceptors (Lipinski definition) is 4. The standard InChI is InChI=1S/C9H17NO3S.C2H6/c1-4-6(2)13-8(11)5-10-9(12)7(3)14;1-2/h6-7,14H,4-5H2,1-3H3,(H,10,12);1-2H3. The van der Waals surface area contributed by atoms with E-state index in [-0.39, 0.29) is 18.6 Å². The first-order valence-electron chi connectivity index (χ1n) is 5.62. The molecule has 0 aliphatic rings. The van der Waals surface area contributed by atoms with Gasteiger partial charge >= 0.3 is 5.97 Å². The molecular formula is C11H23NO3S. The minimum absolute atomic E-state index is 0.0892. The number of amides is 1. The topological polar surface area (TPSA) is 55.4 Å². The van der Waals surface area contributed by atoms with Gasteiger partial charge < -0.3 is 10.1 Å². The molecule has 0 aliphatic heterocycles. The second-order valence-corrected chi connectivity index (χ2v) is 3.88. The van der Waals surface area contributed by atoms with Crippen molar-refractivity contribution in [1.82, 2.24) is 5.32 Å². The largest absolute Gasteiger partial charge is 0.461 e. The molecule has 0 radical (unpaired) electrons. The van der Waals surface area contributed by atoms with Gasteiger partial charge in [-0.25, -0.2) is 0 Å². The van der Waals surface area contributed by atoms with Crippen LogP contribution < -0.4 is 5.32 Å². The minimum atomic E-state index is -0.415. The summed E-state index contributed by atoms with van der Waals surface area (Å²) in [5.41, 5.74) is 0. The van der Waals surface area contributed by atoms with Crippen molar-refractivity contribution in [2.75, 3.05) is 6.54 Å². The van der Waals surface area contributed by atoms with E-state index in [4.69, 9.17) is 4.74 Å². The monoisotopic (exact) mass is 249 g/mol. The number of rotatable bonds is 5. The number of hydrogen-bond donors (Lipinski definition) is 2. The molecule has 0 spiro atoms. The quantitative estimate of drug-likeness (QED) is 0.577. The Morgan fingerprint density at radius 1 is 1.31 bits per heavy atom. The molecule has 2 unspecified atom stereocenters. The molecule has 0 saturated heterocycles. The third-order valence-electron chi connectivity index (χ3n) is 1.69. The fourth-order valence-electron chi connectivity index (χ4n) is 0.656. The van der Waals surface area contributed by atoms with Crippen LogP contribution in [-0.2, 0) is 14.3 Å². The first-order valence-corrected chi connectivity index (χ1v) is 6.14. The van der Waals surface area contributed by atoms with Crippen LogP contribution in [0.4, 0.5) is 0 Å². The summed E-state index contributed by atoms with van der Waals surface area (Å²) >= 11 is 3.92. The average Bonchev–Trinajstić information content (AvgIpc) is 2.28. The highest BCUT2D eigenvalue weighted by Gasteiger charge is 2.11. The zero-order chi connectivity index (χ0) is 13.1. The maximum Gasteiger partial charge on any atom is 0.325 e. The highest BCUT2D eigenvalue weighted by molar-refractivity contribution is 7.81. The summed E-state index contributed by atoms with van der Waals surface area (Å²) in [6.07, 6.45) is 0.663. The summed E-state index contributed by atoms with van der Waals surface area (Å²) in [6.45, 7) is 9.28. The SMILES string of the molecule is CC.CCC(C)OC(=O)CNC(=O)C(C)S. The predicted octanol–water partition coefficient (Wildman–Crippen LogP) is 1.79. The number of nitrogens with one attached hydrogen (secondary N) is 1. The number of esters is 1. The molecule has 0 saturated carbocycles. The van der Waals surface area contributed by atoms with Crippen LogP contribution in [0.1, 0.15) is 41.0 Å². The lowest BCUT2D eigenvalue weighted by Crippen LogP contribution is -2.35. The van der Waals surface area contributed by atoms with Gasteiger partial charge in [-0.05, 0) is 20.3 Å². The van der Waals surface area contributed by atoms with E-state index >= 15 is 0 Å². The maximum absolute atomic E-state index is 11.1. The summed E-state index contributed by atoms with van der Waals surface area (Å²) in [7, 11) is 0. The van der Waals surface area contributed by atoms with E-state index in [0.717, 1.165) is 6.42 Å². The zero-order valence-electron chi connectivity index (χ0n) is 10.7. The van der Waals surface area contributed by atoms with Gasteiger partial charge in [0.15, 0.2) is 0 Å². The van der Waals surface area contributed by atoms with E-state index in [1.807, 2.05) is 20.8 Å². The Balaban J connectivity index is 0. The Morgan fingerprint density at radius 2 is 1.81 bits per heavy atom. The molecule has 1 amide bonds. The van der Waals surface area contributed by atoms with Crippen molar-refractivity contribution in [3.05, 3.63) is 0 Å². The molecule has 0 fully saturated rings. The van der Waals surface area contributed by atoms with Crippen molar-refractivity contribution in [2.45, 2.75) is 52.4 Å². The minimum Gasteiger partial charge on any atom is -0.461 e. The molecule has 16 heavy (non-hydrogen) atoms. The normalized spacial score (nSPS) is 12.9. The molecule has 0 aliphatic carbocycles. The zero-order valence-corrected chi connectivity index (χ0v) is 11.6. The molecule has 1 N–H and O–H groups in total. The van der Waals surface area contributed by atoms with Crippen molar-refractivity contribution < 1.29 is 14.3 Å². The van der Waals surface area contributed by atoms with Gasteiger partial charge in [-0.3, -0.25) is 9.59 Å². The summed E-state index contributed by atoms with van der Waals surface area (Å²) < 4.78 is 4.95. The van der Waals surface area contributed by atoms with Gasteiger partial charge in [-0.15, -0.1) is 0 Å². The van der Waals surface area contributed by atoms with Crippen molar-refractivity contribution >= 4 is 24.5 Å². The number of ether oxygens (including phenoxy) is 1. The van der Waals surface area contributed by atoms with Crippen molar-refractivity contribution in [3.8, 4) is 0 Å². The summed E-state index contributed by atoms with van der Waals surface area (Å²) in [5, 5.41) is 2.01. The van der Waals surface area contributed by atoms with Gasteiger partial charge in [0, 0.05) is 0 Å². The Hall–Kier alpha value is -0.710. The van der Waals surface area contributed by atoms with Crippen LogP contribution in [0.2, 0.25) is 0 Å². The molecule has 0 aromatic carbocycles. The fraction of sp³-hybridized carbons (Fsp3) is 0.818. The van der Waals surface area contributed by atoms with Crippen molar-refractivity contribution in [3.63, 3.8) is 0 Å². The van der Waals surface area contributed by atoms with Gasteiger partial charge in [0.2, 0.25) is 5.91 Å². The van der Waals surface area contributed by atoms with E-state index < -0.39 is 11.2 Å². The van der Waals surface area contributed by atoms with Crippen molar-refractivity contribution in [2.24, 2.45) is 0 Å². The van der Waals surface area contributed by atoms with Crippen LogP contribution in [0.5, 0.6) is 0 Å². The number of carbonyl (C=O) groups excluding carboxylic acids is 2. The lowest BCUT2D eigenvalue weighted by Gasteiger charge is -2.11. The van der Waals surface area contributed by atoms with Crippen LogP contribution in [0.3, 0.4) is 0 Å². The van der Waals surface area contributed by atoms with Crippen LogP contribution in [0.15, 0.2) is 0 Å². The fourth-order valence-corrected chi connectivity index (χ4v) is 0.748. The van der Waals surface area contributed by atoms with E-state index in [2.05, 4.69) is 17.9 Å². The van der Waals surface area contributed by atoms with Gasteiger partial charge in [0.25, 0.3) is 0 Å². The highest BCUT2D eigenvalue weighted by Crippen LogP contribution is 1.96. The third kappa shape index (κ3) is 9.83. The number of thiol groups is 1. The number of carbonyl (C=O) groups is 2. The van der Waals surface area contributed by atoms with Crippen LogP contribution in [-0.4, -0.2) is 29.8 Å². The second-order valence-electron chi connectivity index (χ2n) is 3.10. The van der Waals surface area contributed by atoms with E-state index in [1.165, 1.54) is 0 Å². The molecule has 0 heterocycles. The van der Waals surface area contributed by atoms with Gasteiger partial charge in [-0.2, -0.15) is 12.6 Å². The highest BCUT2D eigenvalue weighted by atomic mass is 32.1.